The molecule has 30 heavy (non-hydrogen) atoms. The lowest BCUT2D eigenvalue weighted by molar-refractivity contribution is 0.103. The molecule has 3 heteroatoms. The normalized spacial score (nSPS) is 10.7. The van der Waals surface area contributed by atoms with Crippen LogP contribution in [0.1, 0.15) is 28.4 Å². The van der Waals surface area contributed by atoms with Gasteiger partial charge in [0.25, 0.3) is 0 Å². The molecular weight excluding hydrogens is 372 g/mol. The molecule has 4 aromatic carbocycles. The van der Waals surface area contributed by atoms with Gasteiger partial charge in [-0.15, -0.1) is 0 Å². The largest absolute Gasteiger partial charge is 0.507 e. The lowest BCUT2D eigenvalue weighted by atomic mass is 9.91. The predicted octanol–water partition coefficient (Wildman–Crippen LogP) is 6.23. The molecule has 0 aliphatic heterocycles. The van der Waals surface area contributed by atoms with Crippen molar-refractivity contribution in [3.63, 3.8) is 0 Å². The fourth-order valence-corrected chi connectivity index (χ4v) is 3.58. The van der Waals surface area contributed by atoms with Gasteiger partial charge in [0.15, 0.2) is 5.78 Å². The van der Waals surface area contributed by atoms with Crippen LogP contribution in [0.4, 0.5) is 0 Å². The average molecular weight is 394 g/mol. The van der Waals surface area contributed by atoms with Crippen molar-refractivity contribution in [2.75, 3.05) is 0 Å². The van der Waals surface area contributed by atoms with E-state index in [9.17, 15) is 15.0 Å². The number of aromatic hydroxyl groups is 2. The Morgan fingerprint density at radius 2 is 1.27 bits per heavy atom. The molecular formula is C27H22O3. The lowest BCUT2D eigenvalue weighted by Gasteiger charge is -2.14. The molecule has 0 spiro atoms. The van der Waals surface area contributed by atoms with Crippen LogP contribution in [-0.4, -0.2) is 16.0 Å². The van der Waals surface area contributed by atoms with E-state index < -0.39 is 0 Å². The summed E-state index contributed by atoms with van der Waals surface area (Å²) in [5, 5.41) is 21.4. The van der Waals surface area contributed by atoms with Crippen LogP contribution in [0.15, 0.2) is 91.0 Å². The summed E-state index contributed by atoms with van der Waals surface area (Å²) in [6.07, 6.45) is 0.765. The van der Waals surface area contributed by atoms with Crippen molar-refractivity contribution in [2.24, 2.45) is 0 Å². The third-order valence-corrected chi connectivity index (χ3v) is 5.26. The molecule has 0 unspecified atom stereocenters. The molecule has 3 nitrogen and oxygen atoms in total. The summed E-state index contributed by atoms with van der Waals surface area (Å²) in [7, 11) is 0. The molecule has 0 atom stereocenters. The minimum Gasteiger partial charge on any atom is -0.507 e. The molecule has 0 radical (unpaired) electrons. The van der Waals surface area contributed by atoms with E-state index in [0.29, 0.717) is 16.7 Å². The van der Waals surface area contributed by atoms with Gasteiger partial charge in [-0.3, -0.25) is 4.79 Å². The Hall–Kier alpha value is -3.85. The van der Waals surface area contributed by atoms with E-state index in [1.807, 2.05) is 73.7 Å². The maximum Gasteiger partial charge on any atom is 0.196 e. The topological polar surface area (TPSA) is 57.5 Å². The Morgan fingerprint density at radius 1 is 0.733 bits per heavy atom. The maximum atomic E-state index is 13.4. The first kappa shape index (κ1) is 19.5. The number of phenolic OH excluding ortho intramolecular Hbond substituents is 2. The summed E-state index contributed by atoms with van der Waals surface area (Å²) in [5.41, 5.74) is 4.42. The summed E-state index contributed by atoms with van der Waals surface area (Å²) in [6, 6.07) is 27.4. The summed E-state index contributed by atoms with van der Waals surface area (Å²) >= 11 is 0. The second-order valence-electron chi connectivity index (χ2n) is 7.19. The van der Waals surface area contributed by atoms with Gasteiger partial charge in [0.1, 0.15) is 11.5 Å². The van der Waals surface area contributed by atoms with Crippen LogP contribution in [0.25, 0.3) is 22.3 Å². The fourth-order valence-electron chi connectivity index (χ4n) is 3.58. The van der Waals surface area contributed by atoms with Gasteiger partial charge >= 0.3 is 0 Å². The number of hydrogen-bond acceptors (Lipinski definition) is 3. The van der Waals surface area contributed by atoms with Crippen LogP contribution >= 0.6 is 0 Å². The standard InChI is InChI=1S/C27H22O3/c1-2-18-13-14-25(28)24(15-18)26(29)21-16-22(19-9-5-3-6-10-19)27(30)23(17-21)20-11-7-4-8-12-20/h3-17,28,30H,2H2,1H3. The van der Waals surface area contributed by atoms with Crippen LogP contribution < -0.4 is 0 Å². The lowest BCUT2D eigenvalue weighted by Crippen LogP contribution is -2.04. The van der Waals surface area contributed by atoms with E-state index in [1.54, 1.807) is 24.3 Å². The van der Waals surface area contributed by atoms with Crippen molar-refractivity contribution in [3.05, 3.63) is 108 Å². The maximum absolute atomic E-state index is 13.4. The van der Waals surface area contributed by atoms with E-state index in [2.05, 4.69) is 0 Å². The Bertz CT molecular complexity index is 1130. The molecule has 0 aromatic heterocycles. The van der Waals surface area contributed by atoms with E-state index in [1.165, 1.54) is 0 Å². The number of carbonyl (C=O) groups excluding carboxylic acids is 1. The molecule has 0 saturated carbocycles. The number of aryl methyl sites for hydroxylation is 1. The van der Waals surface area contributed by atoms with Crippen molar-refractivity contribution in [3.8, 4) is 33.8 Å². The monoisotopic (exact) mass is 394 g/mol. The van der Waals surface area contributed by atoms with Crippen molar-refractivity contribution in [2.45, 2.75) is 13.3 Å². The van der Waals surface area contributed by atoms with Crippen LogP contribution in [0, 0.1) is 0 Å². The number of benzene rings is 4. The first-order valence-corrected chi connectivity index (χ1v) is 9.93. The third kappa shape index (κ3) is 3.70. The van der Waals surface area contributed by atoms with E-state index >= 15 is 0 Å². The Kier molecular flexibility index (Phi) is 5.36. The van der Waals surface area contributed by atoms with Crippen LogP contribution in [0.2, 0.25) is 0 Å². The highest BCUT2D eigenvalue weighted by Crippen LogP contribution is 2.40. The highest BCUT2D eigenvalue weighted by atomic mass is 16.3. The molecule has 148 valence electrons. The Balaban J connectivity index is 1.93. The number of phenols is 2. The van der Waals surface area contributed by atoms with Gasteiger partial charge in [-0.1, -0.05) is 73.7 Å². The Morgan fingerprint density at radius 3 is 1.77 bits per heavy atom. The second kappa shape index (κ2) is 8.26. The predicted molar refractivity (Wildman–Crippen MR) is 120 cm³/mol. The highest BCUT2D eigenvalue weighted by molar-refractivity contribution is 6.12. The molecule has 2 N–H and O–H groups in total. The first-order valence-electron chi connectivity index (χ1n) is 9.93. The van der Waals surface area contributed by atoms with Crippen LogP contribution in [-0.2, 0) is 6.42 Å². The number of hydrogen-bond donors (Lipinski definition) is 2. The molecule has 0 fully saturated rings. The molecule has 0 saturated heterocycles. The van der Waals surface area contributed by atoms with Crippen molar-refractivity contribution < 1.29 is 15.0 Å². The van der Waals surface area contributed by atoms with Gasteiger partial charge in [-0.05, 0) is 47.4 Å². The fraction of sp³-hybridized carbons (Fsp3) is 0.0741. The number of rotatable bonds is 5. The molecule has 4 rings (SSSR count). The van der Waals surface area contributed by atoms with Crippen molar-refractivity contribution in [1.29, 1.82) is 0 Å². The minimum atomic E-state index is -0.280. The molecule has 0 heterocycles. The van der Waals surface area contributed by atoms with Crippen LogP contribution in [0.3, 0.4) is 0 Å². The molecule has 0 aliphatic carbocycles. The number of ketones is 1. The zero-order valence-corrected chi connectivity index (χ0v) is 16.7. The van der Waals surface area contributed by atoms with E-state index in [0.717, 1.165) is 23.1 Å². The number of carbonyl (C=O) groups is 1. The minimum absolute atomic E-state index is 0.0483. The van der Waals surface area contributed by atoms with E-state index in [4.69, 9.17) is 0 Å². The van der Waals surface area contributed by atoms with E-state index in [-0.39, 0.29) is 22.8 Å². The molecule has 0 amide bonds. The van der Waals surface area contributed by atoms with Gasteiger partial charge < -0.3 is 10.2 Å². The quantitative estimate of drug-likeness (QED) is 0.395. The summed E-state index contributed by atoms with van der Waals surface area (Å²) < 4.78 is 0. The van der Waals surface area contributed by atoms with Gasteiger partial charge in [-0.25, -0.2) is 0 Å². The smallest absolute Gasteiger partial charge is 0.196 e. The first-order chi connectivity index (χ1) is 14.6. The zero-order valence-electron chi connectivity index (χ0n) is 16.7. The second-order valence-corrected chi connectivity index (χ2v) is 7.19. The van der Waals surface area contributed by atoms with Crippen molar-refractivity contribution >= 4 is 5.78 Å². The SMILES string of the molecule is CCc1ccc(O)c(C(=O)c2cc(-c3ccccc3)c(O)c(-c3ccccc3)c2)c1. The summed E-state index contributed by atoms with van der Waals surface area (Å²) in [6.45, 7) is 2.00. The molecule has 0 bridgehead atoms. The van der Waals surface area contributed by atoms with Gasteiger partial charge in [0.05, 0.1) is 5.56 Å². The zero-order chi connectivity index (χ0) is 21.1. The molecule has 4 aromatic rings. The Labute approximate surface area is 175 Å². The molecule has 0 aliphatic rings. The summed E-state index contributed by atoms with van der Waals surface area (Å²) in [5.74, 6) is -0.208. The van der Waals surface area contributed by atoms with Gasteiger partial charge in [0.2, 0.25) is 0 Å². The highest BCUT2D eigenvalue weighted by Gasteiger charge is 2.20. The average Bonchev–Trinajstić information content (AvgIpc) is 2.80. The summed E-state index contributed by atoms with van der Waals surface area (Å²) in [4.78, 5) is 13.4. The van der Waals surface area contributed by atoms with Gasteiger partial charge in [0, 0.05) is 16.7 Å². The van der Waals surface area contributed by atoms with Crippen molar-refractivity contribution in [1.82, 2.24) is 0 Å². The van der Waals surface area contributed by atoms with Gasteiger partial charge in [-0.2, -0.15) is 0 Å². The third-order valence-electron chi connectivity index (χ3n) is 5.26. The van der Waals surface area contributed by atoms with Crippen LogP contribution in [0.5, 0.6) is 11.5 Å².